The van der Waals surface area contributed by atoms with Crippen molar-refractivity contribution in [3.8, 4) is 0 Å². The zero-order valence-electron chi connectivity index (χ0n) is 6.04. The van der Waals surface area contributed by atoms with E-state index in [0.29, 0.717) is 11.3 Å². The molecule has 13 heavy (non-hydrogen) atoms. The number of hydrogen-bond acceptors (Lipinski definition) is 5. The molecule has 0 radical (unpaired) electrons. The molecule has 0 unspecified atom stereocenters. The van der Waals surface area contributed by atoms with Crippen LogP contribution in [0.2, 0.25) is 0 Å². The predicted molar refractivity (Wildman–Crippen MR) is 45.5 cm³/mol. The molecule has 0 aliphatic heterocycles. The summed E-state index contributed by atoms with van der Waals surface area (Å²) < 4.78 is 50.6. The highest BCUT2D eigenvalue weighted by atomic mass is 32.2. The minimum atomic E-state index is -4.35. The maximum Gasteiger partial charge on any atom is 0.295 e. The van der Waals surface area contributed by atoms with Gasteiger partial charge in [-0.3, -0.25) is 4.55 Å². The van der Waals surface area contributed by atoms with Crippen LogP contribution >= 0.6 is 11.3 Å². The van der Waals surface area contributed by atoms with Crippen molar-refractivity contribution in [1.82, 2.24) is 0 Å². The molecule has 6 nitrogen and oxygen atoms in total. The fourth-order valence-corrected chi connectivity index (χ4v) is 3.10. The summed E-state index contributed by atoms with van der Waals surface area (Å²) in [4.78, 5) is -0.471. The Morgan fingerprint density at radius 3 is 2.08 bits per heavy atom. The van der Waals surface area contributed by atoms with Crippen molar-refractivity contribution < 1.29 is 21.4 Å². The third-order valence-corrected chi connectivity index (χ3v) is 4.50. The summed E-state index contributed by atoms with van der Waals surface area (Å²) in [7, 11) is -8.25. The molecule has 0 spiro atoms. The highest BCUT2D eigenvalue weighted by Crippen LogP contribution is 2.21. The fraction of sp³-hybridized carbons (Fsp3) is 0. The van der Waals surface area contributed by atoms with E-state index in [2.05, 4.69) is 0 Å². The van der Waals surface area contributed by atoms with Gasteiger partial charge in [0.25, 0.3) is 10.1 Å². The predicted octanol–water partition coefficient (Wildman–Crippen LogP) is -0.358. The van der Waals surface area contributed by atoms with Gasteiger partial charge in [0.2, 0.25) is 10.0 Å². The third kappa shape index (κ3) is 2.48. The quantitative estimate of drug-likeness (QED) is 0.688. The van der Waals surface area contributed by atoms with Crippen LogP contribution in [0.15, 0.2) is 20.6 Å². The number of hydrogen-bond donors (Lipinski definition) is 2. The first kappa shape index (κ1) is 10.6. The average Bonchev–Trinajstić information content (AvgIpc) is 2.28. The molecule has 0 atom stereocenters. The monoisotopic (exact) mass is 243 g/mol. The molecule has 0 saturated heterocycles. The molecule has 3 N–H and O–H groups in total. The van der Waals surface area contributed by atoms with Gasteiger partial charge in [-0.2, -0.15) is 8.42 Å². The highest BCUT2D eigenvalue weighted by molar-refractivity contribution is 7.91. The van der Waals surface area contributed by atoms with Crippen LogP contribution in [0, 0.1) is 0 Å². The van der Waals surface area contributed by atoms with Gasteiger partial charge in [0.1, 0.15) is 9.10 Å². The second kappa shape index (κ2) is 3.03. The van der Waals surface area contributed by atoms with Crippen molar-refractivity contribution in [3.63, 3.8) is 0 Å². The highest BCUT2D eigenvalue weighted by Gasteiger charge is 2.17. The van der Waals surface area contributed by atoms with Gasteiger partial charge in [0.05, 0.1) is 0 Å². The Kier molecular flexibility index (Phi) is 2.47. The topological polar surface area (TPSA) is 115 Å². The number of rotatable bonds is 2. The lowest BCUT2D eigenvalue weighted by Gasteiger charge is -1.89. The number of primary sulfonamides is 1. The number of sulfonamides is 1. The van der Waals surface area contributed by atoms with Crippen LogP contribution in [-0.4, -0.2) is 21.4 Å². The zero-order chi connectivity index (χ0) is 10.3. The summed E-state index contributed by atoms with van der Waals surface area (Å²) in [5.41, 5.74) is 0. The molecule has 0 aromatic carbocycles. The molecule has 9 heteroatoms. The van der Waals surface area contributed by atoms with Gasteiger partial charge in [0, 0.05) is 5.38 Å². The van der Waals surface area contributed by atoms with Crippen molar-refractivity contribution in [2.24, 2.45) is 5.14 Å². The van der Waals surface area contributed by atoms with Crippen LogP contribution in [0.3, 0.4) is 0 Å². The third-order valence-electron chi connectivity index (χ3n) is 1.13. The minimum Gasteiger partial charge on any atom is -0.282 e. The van der Waals surface area contributed by atoms with Gasteiger partial charge in [-0.1, -0.05) is 0 Å². The van der Waals surface area contributed by atoms with Gasteiger partial charge < -0.3 is 0 Å². The Morgan fingerprint density at radius 1 is 1.31 bits per heavy atom. The SMILES string of the molecule is NS(=O)(=O)c1cc(S(=O)(=O)O)cs1. The summed E-state index contributed by atoms with van der Waals surface area (Å²) >= 11 is 0.631. The van der Waals surface area contributed by atoms with E-state index in [0.717, 1.165) is 11.4 Å². The maximum absolute atomic E-state index is 10.7. The van der Waals surface area contributed by atoms with Gasteiger partial charge in [-0.25, -0.2) is 13.6 Å². The van der Waals surface area contributed by atoms with Crippen LogP contribution in [0.1, 0.15) is 0 Å². The lowest BCUT2D eigenvalue weighted by Crippen LogP contribution is -2.10. The average molecular weight is 243 g/mol. The van der Waals surface area contributed by atoms with Gasteiger partial charge in [0.15, 0.2) is 0 Å². The van der Waals surface area contributed by atoms with Gasteiger partial charge in [-0.05, 0) is 6.07 Å². The lowest BCUT2D eigenvalue weighted by molar-refractivity contribution is 0.483. The summed E-state index contributed by atoms with van der Waals surface area (Å²) in [5.74, 6) is 0. The molecule has 0 bridgehead atoms. The van der Waals surface area contributed by atoms with Crippen LogP contribution < -0.4 is 5.14 Å². The molecule has 0 aliphatic rings. The van der Waals surface area contributed by atoms with E-state index < -0.39 is 25.0 Å². The van der Waals surface area contributed by atoms with Crippen LogP contribution in [0.25, 0.3) is 0 Å². The zero-order valence-corrected chi connectivity index (χ0v) is 8.49. The molecule has 1 rings (SSSR count). The molecule has 0 saturated carbocycles. The second-order valence-electron chi connectivity index (χ2n) is 2.12. The van der Waals surface area contributed by atoms with Gasteiger partial charge in [-0.15, -0.1) is 11.3 Å². The summed E-state index contributed by atoms with van der Waals surface area (Å²) in [6.07, 6.45) is 0. The smallest absolute Gasteiger partial charge is 0.282 e. The Morgan fingerprint density at radius 2 is 1.85 bits per heavy atom. The molecular weight excluding hydrogens is 238 g/mol. The summed E-state index contributed by atoms with van der Waals surface area (Å²) in [6.45, 7) is 0. The van der Waals surface area contributed by atoms with E-state index in [-0.39, 0.29) is 4.21 Å². The van der Waals surface area contributed by atoms with Gasteiger partial charge >= 0.3 is 0 Å². The Hall–Kier alpha value is -0.480. The second-order valence-corrected chi connectivity index (χ2v) is 6.24. The van der Waals surface area contributed by atoms with Crippen molar-refractivity contribution in [3.05, 3.63) is 11.4 Å². The largest absolute Gasteiger partial charge is 0.295 e. The van der Waals surface area contributed by atoms with Crippen LogP contribution in [0.5, 0.6) is 0 Å². The maximum atomic E-state index is 10.7. The first-order chi connectivity index (χ1) is 5.71. The van der Waals surface area contributed by atoms with Crippen molar-refractivity contribution in [1.29, 1.82) is 0 Å². The van der Waals surface area contributed by atoms with Crippen molar-refractivity contribution in [2.75, 3.05) is 0 Å². The first-order valence-corrected chi connectivity index (χ1v) is 6.67. The molecule has 1 heterocycles. The summed E-state index contributed by atoms with van der Waals surface area (Å²) in [5, 5.41) is 5.71. The van der Waals surface area contributed by atoms with Crippen LogP contribution in [0.4, 0.5) is 0 Å². The van der Waals surface area contributed by atoms with Crippen molar-refractivity contribution >= 4 is 31.5 Å². The first-order valence-electron chi connectivity index (χ1n) is 2.80. The molecule has 0 amide bonds. The Bertz CT molecular complexity index is 463. The fourth-order valence-electron chi connectivity index (χ4n) is 0.585. The number of nitrogens with two attached hydrogens (primary N) is 1. The molecule has 0 aliphatic carbocycles. The van der Waals surface area contributed by atoms with E-state index in [9.17, 15) is 16.8 Å². The van der Waals surface area contributed by atoms with E-state index in [1.807, 2.05) is 0 Å². The minimum absolute atomic E-state index is 0.305. The summed E-state index contributed by atoms with van der Waals surface area (Å²) in [6, 6.07) is 0.801. The molecule has 1 aromatic rings. The normalized spacial score (nSPS) is 13.1. The van der Waals surface area contributed by atoms with E-state index in [1.165, 1.54) is 0 Å². The molecule has 74 valence electrons. The number of thiophene rings is 1. The van der Waals surface area contributed by atoms with E-state index >= 15 is 0 Å². The Balaban J connectivity index is 3.32. The molecular formula is C4H5NO5S3. The lowest BCUT2D eigenvalue weighted by atomic mass is 10.7. The molecule has 0 fully saturated rings. The Labute approximate surface area is 78.8 Å². The molecule has 1 aromatic heterocycles. The standard InChI is InChI=1S/C4H5NO5S3/c5-12(6,7)4-1-3(2-11-4)13(8,9)10/h1-2H,(H2,5,6,7)(H,8,9,10). The van der Waals surface area contributed by atoms with Crippen molar-refractivity contribution in [2.45, 2.75) is 9.10 Å². The van der Waals surface area contributed by atoms with E-state index in [4.69, 9.17) is 9.69 Å². The van der Waals surface area contributed by atoms with E-state index in [1.54, 1.807) is 0 Å². The van der Waals surface area contributed by atoms with Crippen LogP contribution in [-0.2, 0) is 20.1 Å².